The lowest BCUT2D eigenvalue weighted by atomic mass is 10.2. The van der Waals surface area contributed by atoms with Crippen LogP contribution in [-0.2, 0) is 10.9 Å². The number of nitrogens with two attached hydrogens (primary N) is 1. The van der Waals surface area contributed by atoms with Crippen molar-refractivity contribution < 1.29 is 8.42 Å². The average Bonchev–Trinajstić information content (AvgIpc) is 2.07. The van der Waals surface area contributed by atoms with Gasteiger partial charge in [0, 0.05) is 10.6 Å². The van der Waals surface area contributed by atoms with Crippen LogP contribution in [0.2, 0.25) is 5.02 Å². The highest BCUT2D eigenvalue weighted by molar-refractivity contribution is 7.80. The van der Waals surface area contributed by atoms with E-state index in [0.717, 1.165) is 0 Å². The molecule has 0 radical (unpaired) electrons. The normalized spacial score (nSPS) is 10.1. The minimum absolute atomic E-state index is 0.0897. The predicted octanol–water partition coefficient (Wildman–Crippen LogP) is 0.913. The number of benzene rings is 1. The topological polar surface area (TPSA) is 72.2 Å². The summed E-state index contributed by atoms with van der Waals surface area (Å²) in [5.74, 6) is 0. The van der Waals surface area contributed by atoms with E-state index < -0.39 is 10.9 Å². The first kappa shape index (κ1) is 11.2. The number of anilines is 1. The van der Waals surface area contributed by atoms with Crippen molar-refractivity contribution in [2.24, 2.45) is 5.73 Å². The highest BCUT2D eigenvalue weighted by atomic mass is 35.5. The lowest BCUT2D eigenvalue weighted by Gasteiger charge is -2.06. The monoisotopic (exact) mass is 250 g/mol. The Hall–Kier alpha value is -0.850. The lowest BCUT2D eigenvalue weighted by Crippen LogP contribution is -2.12. The minimum atomic E-state index is -2.74. The lowest BCUT2D eigenvalue weighted by molar-refractivity contribution is 0.619. The molecule has 0 heterocycles. The van der Waals surface area contributed by atoms with Gasteiger partial charge in [-0.1, -0.05) is 23.8 Å². The van der Waals surface area contributed by atoms with E-state index in [1.807, 2.05) is 0 Å². The molecular formula is C7H7ClN2O2S2. The Labute approximate surface area is 93.1 Å². The molecule has 0 unspecified atom stereocenters. The van der Waals surface area contributed by atoms with Gasteiger partial charge in [-0.25, -0.2) is 8.42 Å². The molecule has 3 N–H and O–H groups in total. The fourth-order valence-corrected chi connectivity index (χ4v) is 1.65. The van der Waals surface area contributed by atoms with Crippen molar-refractivity contribution in [3.63, 3.8) is 0 Å². The smallest absolute Gasteiger partial charge is 0.222 e. The second-order valence-electron chi connectivity index (χ2n) is 2.42. The summed E-state index contributed by atoms with van der Waals surface area (Å²) in [6.45, 7) is 0. The Morgan fingerprint density at radius 3 is 2.64 bits per heavy atom. The summed E-state index contributed by atoms with van der Waals surface area (Å²) >= 11 is 10.4. The number of thiol groups is 1. The quantitative estimate of drug-likeness (QED) is 0.551. The van der Waals surface area contributed by atoms with Gasteiger partial charge in [-0.15, -0.1) is 0 Å². The van der Waals surface area contributed by atoms with Crippen molar-refractivity contribution >= 4 is 45.4 Å². The first-order valence-corrected chi connectivity index (χ1v) is 5.47. The van der Waals surface area contributed by atoms with Crippen molar-refractivity contribution in [3.8, 4) is 0 Å². The fourth-order valence-electron chi connectivity index (χ4n) is 0.916. The molecule has 0 aliphatic rings. The van der Waals surface area contributed by atoms with E-state index in [9.17, 15) is 8.42 Å². The van der Waals surface area contributed by atoms with E-state index in [-0.39, 0.29) is 4.99 Å². The van der Waals surface area contributed by atoms with E-state index in [2.05, 4.69) is 4.72 Å². The number of thiocarbonyl (C=S) groups is 1. The summed E-state index contributed by atoms with van der Waals surface area (Å²) in [6, 6.07) is 4.55. The van der Waals surface area contributed by atoms with E-state index >= 15 is 0 Å². The SMILES string of the molecule is NC(=S)c1cc(Cl)ccc1N[SH](=O)=O. The van der Waals surface area contributed by atoms with Crippen LogP contribution in [0, 0.1) is 0 Å². The number of hydrogen-bond donors (Lipinski definition) is 3. The van der Waals surface area contributed by atoms with Crippen molar-refractivity contribution in [3.05, 3.63) is 28.8 Å². The third kappa shape index (κ3) is 2.83. The Balaban J connectivity index is 3.21. The van der Waals surface area contributed by atoms with Gasteiger partial charge in [0.1, 0.15) is 4.99 Å². The molecular weight excluding hydrogens is 244 g/mol. The molecule has 0 fully saturated rings. The summed E-state index contributed by atoms with van der Waals surface area (Å²) in [5, 5.41) is 0.444. The van der Waals surface area contributed by atoms with Gasteiger partial charge in [0.15, 0.2) is 0 Å². The van der Waals surface area contributed by atoms with Gasteiger partial charge in [-0.05, 0) is 18.2 Å². The van der Waals surface area contributed by atoms with Crippen LogP contribution in [0.25, 0.3) is 0 Å². The third-order valence-electron chi connectivity index (χ3n) is 1.46. The molecule has 0 aliphatic heterocycles. The van der Waals surface area contributed by atoms with Gasteiger partial charge in [-0.2, -0.15) is 0 Å². The zero-order valence-corrected chi connectivity index (χ0v) is 9.33. The average molecular weight is 251 g/mol. The molecule has 76 valence electrons. The first-order valence-electron chi connectivity index (χ1n) is 3.51. The van der Waals surface area contributed by atoms with Crippen LogP contribution < -0.4 is 10.5 Å². The number of nitrogens with one attached hydrogen (secondary N) is 1. The molecule has 1 aromatic carbocycles. The Morgan fingerprint density at radius 2 is 2.14 bits per heavy atom. The van der Waals surface area contributed by atoms with Crippen LogP contribution in [0.3, 0.4) is 0 Å². The zero-order valence-electron chi connectivity index (χ0n) is 6.86. The second kappa shape index (κ2) is 4.59. The zero-order chi connectivity index (χ0) is 10.7. The molecule has 0 aromatic heterocycles. The first-order chi connectivity index (χ1) is 6.50. The molecule has 0 atom stereocenters. The summed E-state index contributed by atoms with van der Waals surface area (Å²) in [7, 11) is -2.74. The maximum Gasteiger partial charge on any atom is 0.222 e. The number of rotatable bonds is 3. The van der Waals surface area contributed by atoms with Crippen molar-refractivity contribution in [1.29, 1.82) is 0 Å². The maximum absolute atomic E-state index is 10.4. The van der Waals surface area contributed by atoms with Gasteiger partial charge in [0.25, 0.3) is 0 Å². The van der Waals surface area contributed by atoms with E-state index in [1.54, 1.807) is 6.07 Å². The van der Waals surface area contributed by atoms with Crippen LogP contribution in [-0.4, -0.2) is 13.4 Å². The van der Waals surface area contributed by atoms with E-state index in [0.29, 0.717) is 16.3 Å². The molecule has 1 aromatic rings. The van der Waals surface area contributed by atoms with Crippen LogP contribution in [0.5, 0.6) is 0 Å². The molecule has 1 rings (SSSR count). The predicted molar refractivity (Wildman–Crippen MR) is 61.3 cm³/mol. The molecule has 0 bridgehead atoms. The Bertz CT molecular complexity index is 437. The van der Waals surface area contributed by atoms with Crippen molar-refractivity contribution in [2.45, 2.75) is 0 Å². The second-order valence-corrected chi connectivity index (χ2v) is 4.04. The molecule has 4 nitrogen and oxygen atoms in total. The number of halogens is 1. The van der Waals surface area contributed by atoms with Gasteiger partial charge in [0.2, 0.25) is 10.9 Å². The molecule has 0 saturated heterocycles. The maximum atomic E-state index is 10.4. The van der Waals surface area contributed by atoms with Crippen LogP contribution >= 0.6 is 23.8 Å². The summed E-state index contributed by atoms with van der Waals surface area (Å²) in [4.78, 5) is 0.0897. The van der Waals surface area contributed by atoms with E-state index in [1.165, 1.54) is 12.1 Å². The summed E-state index contributed by atoms with van der Waals surface area (Å²) in [5.41, 5.74) is 6.14. The van der Waals surface area contributed by atoms with Gasteiger partial charge in [0.05, 0.1) is 5.69 Å². The standard InChI is InChI=1S/C7H7ClN2O2S2/c8-4-1-2-6(10-14(11)12)5(3-4)7(9)13/h1-3,14H,(H2,9,13)(H,10,11,12). The Morgan fingerprint density at radius 1 is 1.50 bits per heavy atom. The van der Waals surface area contributed by atoms with Crippen LogP contribution in [0.1, 0.15) is 5.56 Å². The fraction of sp³-hybridized carbons (Fsp3) is 0. The third-order valence-corrected chi connectivity index (χ3v) is 2.34. The molecule has 14 heavy (non-hydrogen) atoms. The molecule has 0 aliphatic carbocycles. The van der Waals surface area contributed by atoms with Gasteiger partial charge in [-0.3, -0.25) is 4.72 Å². The largest absolute Gasteiger partial charge is 0.389 e. The van der Waals surface area contributed by atoms with Crippen molar-refractivity contribution in [2.75, 3.05) is 4.72 Å². The van der Waals surface area contributed by atoms with Crippen LogP contribution in [0.15, 0.2) is 18.2 Å². The van der Waals surface area contributed by atoms with Gasteiger partial charge >= 0.3 is 0 Å². The molecule has 7 heteroatoms. The minimum Gasteiger partial charge on any atom is -0.389 e. The molecule has 0 saturated carbocycles. The van der Waals surface area contributed by atoms with E-state index in [4.69, 9.17) is 29.6 Å². The number of hydrogen-bond acceptors (Lipinski definition) is 3. The molecule has 0 amide bonds. The summed E-state index contributed by atoms with van der Waals surface area (Å²) in [6.07, 6.45) is 0. The highest BCUT2D eigenvalue weighted by Crippen LogP contribution is 2.20. The Kier molecular flexibility index (Phi) is 3.68. The van der Waals surface area contributed by atoms with Crippen molar-refractivity contribution in [1.82, 2.24) is 0 Å². The molecule has 0 spiro atoms. The summed E-state index contributed by atoms with van der Waals surface area (Å²) < 4.78 is 23.1. The highest BCUT2D eigenvalue weighted by Gasteiger charge is 2.05. The van der Waals surface area contributed by atoms with Crippen LogP contribution in [0.4, 0.5) is 5.69 Å². The van der Waals surface area contributed by atoms with Gasteiger partial charge < -0.3 is 5.73 Å².